The second-order valence-corrected chi connectivity index (χ2v) is 4.59. The van der Waals surface area contributed by atoms with Crippen LogP contribution in [0.5, 0.6) is 11.5 Å². The molecule has 24 heavy (non-hydrogen) atoms. The van der Waals surface area contributed by atoms with Crippen molar-refractivity contribution < 1.29 is 28.5 Å². The lowest BCUT2D eigenvalue weighted by Crippen LogP contribution is -2.16. The minimum absolute atomic E-state index is 0.0301. The molecular weight excluding hydrogens is 312 g/mol. The van der Waals surface area contributed by atoms with Gasteiger partial charge in [0.05, 0.1) is 38.6 Å². The second-order valence-electron chi connectivity index (χ2n) is 4.59. The fourth-order valence-electron chi connectivity index (χ4n) is 1.92. The lowest BCUT2D eigenvalue weighted by molar-refractivity contribution is -0.142. The number of ether oxygens (including phenoxy) is 4. The Bertz CT molecular complexity index is 645. The smallest absolute Gasteiger partial charge is 0.338 e. The number of rotatable bonds is 8. The van der Waals surface area contributed by atoms with Gasteiger partial charge in [-0.3, -0.25) is 0 Å². The van der Waals surface area contributed by atoms with E-state index in [-0.39, 0.29) is 24.4 Å². The van der Waals surface area contributed by atoms with Crippen molar-refractivity contribution in [2.75, 3.05) is 27.4 Å². The minimum Gasteiger partial charge on any atom is -0.493 e. The monoisotopic (exact) mass is 334 g/mol. The molecule has 0 bridgehead atoms. The van der Waals surface area contributed by atoms with Crippen LogP contribution in [0.1, 0.15) is 19.4 Å². The summed E-state index contributed by atoms with van der Waals surface area (Å²) < 4.78 is 20.3. The summed E-state index contributed by atoms with van der Waals surface area (Å²) in [6.45, 7) is 7.37. The van der Waals surface area contributed by atoms with Gasteiger partial charge in [-0.05, 0) is 37.6 Å². The maximum atomic E-state index is 12.2. The molecule has 0 heterocycles. The van der Waals surface area contributed by atoms with Gasteiger partial charge in [-0.15, -0.1) is 0 Å². The Hall–Kier alpha value is -2.76. The highest BCUT2D eigenvalue weighted by Gasteiger charge is 2.21. The Morgan fingerprint density at radius 1 is 1.00 bits per heavy atom. The fraction of sp³-hybridized carbons (Fsp3) is 0.333. The Kier molecular flexibility index (Phi) is 7.55. The molecule has 0 aliphatic rings. The van der Waals surface area contributed by atoms with Crippen molar-refractivity contribution in [3.05, 3.63) is 41.5 Å². The van der Waals surface area contributed by atoms with Crippen LogP contribution in [0.4, 0.5) is 0 Å². The van der Waals surface area contributed by atoms with E-state index in [9.17, 15) is 9.59 Å². The minimum atomic E-state index is -0.669. The average Bonchev–Trinajstić information content (AvgIpc) is 2.59. The summed E-state index contributed by atoms with van der Waals surface area (Å²) in [6.07, 6.45) is 1.50. The number of carbonyl (C=O) groups excluding carboxylic acids is 2. The van der Waals surface area contributed by atoms with Gasteiger partial charge in [0.1, 0.15) is 0 Å². The van der Waals surface area contributed by atoms with E-state index in [0.29, 0.717) is 17.1 Å². The van der Waals surface area contributed by atoms with Crippen molar-refractivity contribution in [3.8, 4) is 11.5 Å². The third kappa shape index (κ3) is 4.87. The summed E-state index contributed by atoms with van der Waals surface area (Å²) in [5.41, 5.74) is 0.591. The van der Waals surface area contributed by atoms with Gasteiger partial charge in [0.15, 0.2) is 11.5 Å². The zero-order valence-corrected chi connectivity index (χ0v) is 14.4. The summed E-state index contributed by atoms with van der Waals surface area (Å²) >= 11 is 0. The predicted octanol–water partition coefficient (Wildman–Crippen LogP) is 2.77. The number of hydrogen-bond donors (Lipinski definition) is 0. The molecule has 0 amide bonds. The average molecular weight is 334 g/mol. The summed E-state index contributed by atoms with van der Waals surface area (Å²) in [4.78, 5) is 24.1. The molecule has 6 nitrogen and oxygen atoms in total. The van der Waals surface area contributed by atoms with E-state index in [1.54, 1.807) is 32.0 Å². The van der Waals surface area contributed by atoms with Gasteiger partial charge in [0.25, 0.3) is 0 Å². The maximum Gasteiger partial charge on any atom is 0.338 e. The highest BCUT2D eigenvalue weighted by Crippen LogP contribution is 2.29. The van der Waals surface area contributed by atoms with Gasteiger partial charge in [-0.25, -0.2) is 9.59 Å². The summed E-state index contributed by atoms with van der Waals surface area (Å²) in [6, 6.07) is 5.09. The van der Waals surface area contributed by atoms with Gasteiger partial charge in [0, 0.05) is 0 Å². The first-order valence-corrected chi connectivity index (χ1v) is 7.45. The standard InChI is InChI=1S/C18H22O6/c1-6-23-17(19)12(3)14(18(20)24-7-2)10-13-8-9-15(21-4)16(11-13)22-5/h8-11H,3,6-7H2,1-2,4-5H3/b14-10+. The molecule has 1 aromatic rings. The lowest BCUT2D eigenvalue weighted by Gasteiger charge is -2.11. The van der Waals surface area contributed by atoms with E-state index in [2.05, 4.69) is 6.58 Å². The number of carbonyl (C=O) groups is 2. The van der Waals surface area contributed by atoms with Gasteiger partial charge in [-0.1, -0.05) is 12.6 Å². The molecule has 1 rings (SSSR count). The van der Waals surface area contributed by atoms with Crippen LogP contribution < -0.4 is 9.47 Å². The zero-order chi connectivity index (χ0) is 18.1. The largest absolute Gasteiger partial charge is 0.493 e. The van der Waals surface area contributed by atoms with Gasteiger partial charge in [0.2, 0.25) is 0 Å². The molecule has 1 aromatic carbocycles. The van der Waals surface area contributed by atoms with Crippen LogP contribution in [-0.4, -0.2) is 39.4 Å². The van der Waals surface area contributed by atoms with Crippen LogP contribution in [0, 0.1) is 0 Å². The van der Waals surface area contributed by atoms with E-state index in [1.165, 1.54) is 20.3 Å². The van der Waals surface area contributed by atoms with Crippen molar-refractivity contribution in [2.24, 2.45) is 0 Å². The van der Waals surface area contributed by atoms with Crippen molar-refractivity contribution in [3.63, 3.8) is 0 Å². The Labute approximate surface area is 141 Å². The molecule has 130 valence electrons. The van der Waals surface area contributed by atoms with Crippen LogP contribution in [0.15, 0.2) is 35.9 Å². The van der Waals surface area contributed by atoms with E-state index in [1.807, 2.05) is 0 Å². The molecule has 0 atom stereocenters. The van der Waals surface area contributed by atoms with E-state index in [0.717, 1.165) is 0 Å². The van der Waals surface area contributed by atoms with E-state index in [4.69, 9.17) is 18.9 Å². The van der Waals surface area contributed by atoms with Crippen LogP contribution in [0.25, 0.3) is 6.08 Å². The molecular formula is C18H22O6. The quantitative estimate of drug-likeness (QED) is 0.413. The topological polar surface area (TPSA) is 71.1 Å². The highest BCUT2D eigenvalue weighted by atomic mass is 16.5. The van der Waals surface area contributed by atoms with E-state index >= 15 is 0 Å². The van der Waals surface area contributed by atoms with Crippen molar-refractivity contribution in [2.45, 2.75) is 13.8 Å². The first-order valence-electron chi connectivity index (χ1n) is 7.45. The Morgan fingerprint density at radius 3 is 2.12 bits per heavy atom. The van der Waals surface area contributed by atoms with Gasteiger partial charge < -0.3 is 18.9 Å². The Morgan fingerprint density at radius 2 is 1.58 bits per heavy atom. The lowest BCUT2D eigenvalue weighted by atomic mass is 10.0. The number of methoxy groups -OCH3 is 2. The SMILES string of the molecule is C=C(C(=O)OCC)/C(=C\c1ccc(OC)c(OC)c1)C(=O)OCC. The van der Waals surface area contributed by atoms with Crippen LogP contribution in [-0.2, 0) is 19.1 Å². The molecule has 0 aliphatic heterocycles. The molecule has 0 saturated carbocycles. The summed E-state index contributed by atoms with van der Waals surface area (Å²) in [5.74, 6) is -0.268. The number of benzene rings is 1. The molecule has 6 heteroatoms. The molecule has 0 saturated heterocycles. The van der Waals surface area contributed by atoms with Gasteiger partial charge in [-0.2, -0.15) is 0 Å². The third-order valence-corrected chi connectivity index (χ3v) is 3.06. The van der Waals surface area contributed by atoms with Gasteiger partial charge >= 0.3 is 11.9 Å². The zero-order valence-electron chi connectivity index (χ0n) is 14.4. The fourth-order valence-corrected chi connectivity index (χ4v) is 1.92. The van der Waals surface area contributed by atoms with E-state index < -0.39 is 11.9 Å². The molecule has 0 spiro atoms. The molecule has 0 fully saturated rings. The third-order valence-electron chi connectivity index (χ3n) is 3.06. The highest BCUT2D eigenvalue weighted by molar-refractivity contribution is 6.09. The van der Waals surface area contributed by atoms with Crippen LogP contribution in [0.2, 0.25) is 0 Å². The summed E-state index contributed by atoms with van der Waals surface area (Å²) in [7, 11) is 3.04. The number of hydrogen-bond acceptors (Lipinski definition) is 6. The molecule has 0 aliphatic carbocycles. The Balaban J connectivity index is 3.28. The maximum absolute atomic E-state index is 12.2. The first kappa shape index (κ1) is 19.3. The summed E-state index contributed by atoms with van der Waals surface area (Å²) in [5, 5.41) is 0. The van der Waals surface area contributed by atoms with Crippen molar-refractivity contribution in [1.82, 2.24) is 0 Å². The second kappa shape index (κ2) is 9.39. The molecule has 0 radical (unpaired) electrons. The molecule has 0 aromatic heterocycles. The van der Waals surface area contributed by atoms with Crippen molar-refractivity contribution in [1.29, 1.82) is 0 Å². The molecule has 0 unspecified atom stereocenters. The molecule has 0 N–H and O–H groups in total. The normalized spacial score (nSPS) is 10.8. The predicted molar refractivity (Wildman–Crippen MR) is 89.9 cm³/mol. The number of esters is 2. The van der Waals surface area contributed by atoms with Crippen molar-refractivity contribution >= 4 is 18.0 Å². The van der Waals surface area contributed by atoms with Crippen LogP contribution in [0.3, 0.4) is 0 Å². The first-order chi connectivity index (χ1) is 11.5. The van der Waals surface area contributed by atoms with Crippen LogP contribution >= 0.6 is 0 Å².